The van der Waals surface area contributed by atoms with Crippen LogP contribution in [0.3, 0.4) is 0 Å². The van der Waals surface area contributed by atoms with E-state index in [1.54, 1.807) is 36.3 Å². The minimum Gasteiger partial charge on any atom is -0.383 e. The summed E-state index contributed by atoms with van der Waals surface area (Å²) in [5.41, 5.74) is 0.904. The Labute approximate surface area is 132 Å². The Hall–Kier alpha value is -1.60. The lowest BCUT2D eigenvalue weighted by Crippen LogP contribution is -2.33. The Kier molecular flexibility index (Phi) is 7.34. The molecule has 1 rings (SSSR count). The van der Waals surface area contributed by atoms with Crippen molar-refractivity contribution in [2.75, 3.05) is 26.5 Å². The molecule has 22 heavy (non-hydrogen) atoms. The number of methoxy groups -OCH3 is 1. The summed E-state index contributed by atoms with van der Waals surface area (Å²) in [4.78, 5) is 13.8. The van der Waals surface area contributed by atoms with Crippen LogP contribution in [-0.4, -0.2) is 45.7 Å². The number of rotatable bonds is 9. The molecule has 1 aromatic rings. The highest BCUT2D eigenvalue weighted by Gasteiger charge is 2.13. The molecule has 0 fully saturated rings. The van der Waals surface area contributed by atoms with Crippen molar-refractivity contribution in [3.05, 3.63) is 29.8 Å². The van der Waals surface area contributed by atoms with E-state index in [0.29, 0.717) is 26.1 Å². The maximum Gasteiger partial charge on any atom is 0.306 e. The number of nitrogens with zero attached hydrogens (tertiary/aromatic N) is 1. The van der Waals surface area contributed by atoms with Crippen molar-refractivity contribution in [1.82, 2.24) is 4.90 Å². The molecule has 7 heteroatoms. The van der Waals surface area contributed by atoms with Crippen molar-refractivity contribution in [2.45, 2.75) is 26.3 Å². The monoisotopic (exact) mass is 329 g/mol. The van der Waals surface area contributed by atoms with Gasteiger partial charge < -0.3 is 13.8 Å². The molecule has 0 heterocycles. The molecular formula is C15H23NO5S. The van der Waals surface area contributed by atoms with Gasteiger partial charge in [-0.15, -0.1) is 0 Å². The topological polar surface area (TPSA) is 72.9 Å². The van der Waals surface area contributed by atoms with Crippen LogP contribution in [0.15, 0.2) is 24.3 Å². The molecule has 0 saturated carbocycles. The smallest absolute Gasteiger partial charge is 0.306 e. The van der Waals surface area contributed by atoms with Crippen molar-refractivity contribution in [1.29, 1.82) is 0 Å². The summed E-state index contributed by atoms with van der Waals surface area (Å²) < 4.78 is 31.9. The molecule has 0 spiro atoms. The SMILES string of the molecule is CCCC(=O)N(CCOC)Cc1ccc(OS(C)(=O)=O)cc1. The van der Waals surface area contributed by atoms with E-state index in [2.05, 4.69) is 0 Å². The maximum absolute atomic E-state index is 12.1. The van der Waals surface area contributed by atoms with E-state index in [4.69, 9.17) is 8.92 Å². The molecule has 0 aromatic heterocycles. The first-order valence-corrected chi connectivity index (χ1v) is 8.92. The van der Waals surface area contributed by atoms with Crippen LogP contribution in [-0.2, 0) is 26.2 Å². The standard InChI is InChI=1S/C15H23NO5S/c1-4-5-15(17)16(10-11-20-2)12-13-6-8-14(9-7-13)21-22(3,18)19/h6-9H,4-5,10-12H2,1-3H3. The summed E-state index contributed by atoms with van der Waals surface area (Å²) in [6.07, 6.45) is 2.29. The van der Waals surface area contributed by atoms with Gasteiger partial charge in [0, 0.05) is 26.6 Å². The number of hydrogen-bond acceptors (Lipinski definition) is 5. The molecule has 0 saturated heterocycles. The fourth-order valence-electron chi connectivity index (χ4n) is 1.91. The van der Waals surface area contributed by atoms with Crippen LogP contribution in [0.5, 0.6) is 5.75 Å². The second kappa shape index (κ2) is 8.75. The molecule has 124 valence electrons. The number of amides is 1. The van der Waals surface area contributed by atoms with E-state index in [1.807, 2.05) is 6.92 Å². The molecule has 0 N–H and O–H groups in total. The third-order valence-corrected chi connectivity index (χ3v) is 3.42. The minimum absolute atomic E-state index is 0.0796. The number of carbonyl (C=O) groups is 1. The predicted molar refractivity (Wildman–Crippen MR) is 84.1 cm³/mol. The van der Waals surface area contributed by atoms with E-state index >= 15 is 0 Å². The average molecular weight is 329 g/mol. The van der Waals surface area contributed by atoms with Gasteiger partial charge in [0.25, 0.3) is 0 Å². The van der Waals surface area contributed by atoms with E-state index in [9.17, 15) is 13.2 Å². The molecule has 6 nitrogen and oxygen atoms in total. The van der Waals surface area contributed by atoms with Crippen LogP contribution >= 0.6 is 0 Å². The van der Waals surface area contributed by atoms with Gasteiger partial charge in [-0.25, -0.2) is 0 Å². The molecule has 0 radical (unpaired) electrons. The van der Waals surface area contributed by atoms with Gasteiger partial charge in [-0.3, -0.25) is 4.79 Å². The van der Waals surface area contributed by atoms with Crippen LogP contribution in [0.25, 0.3) is 0 Å². The lowest BCUT2D eigenvalue weighted by atomic mass is 10.2. The molecule has 0 atom stereocenters. The van der Waals surface area contributed by atoms with Gasteiger partial charge >= 0.3 is 10.1 Å². The van der Waals surface area contributed by atoms with Gasteiger partial charge in [0.15, 0.2) is 0 Å². The molecule has 0 bridgehead atoms. The number of carbonyl (C=O) groups excluding carboxylic acids is 1. The molecule has 0 aliphatic carbocycles. The highest BCUT2D eigenvalue weighted by atomic mass is 32.2. The molecule has 1 amide bonds. The predicted octanol–water partition coefficient (Wildman–Crippen LogP) is 1.80. The highest BCUT2D eigenvalue weighted by molar-refractivity contribution is 7.86. The second-order valence-corrected chi connectivity index (χ2v) is 6.56. The third-order valence-electron chi connectivity index (χ3n) is 2.93. The van der Waals surface area contributed by atoms with Crippen LogP contribution < -0.4 is 4.18 Å². The van der Waals surface area contributed by atoms with Gasteiger partial charge in [-0.05, 0) is 24.1 Å². The lowest BCUT2D eigenvalue weighted by Gasteiger charge is -2.22. The fraction of sp³-hybridized carbons (Fsp3) is 0.533. The number of benzene rings is 1. The van der Waals surface area contributed by atoms with Gasteiger partial charge in [-0.1, -0.05) is 19.1 Å². The Bertz CT molecular complexity index is 568. The van der Waals surface area contributed by atoms with Crippen LogP contribution in [0.1, 0.15) is 25.3 Å². The van der Waals surface area contributed by atoms with Gasteiger partial charge in [0.2, 0.25) is 5.91 Å². The quantitative estimate of drug-likeness (QED) is 0.646. The summed E-state index contributed by atoms with van der Waals surface area (Å²) in [6.45, 7) is 3.42. The van der Waals surface area contributed by atoms with Crippen molar-refractivity contribution in [3.63, 3.8) is 0 Å². The highest BCUT2D eigenvalue weighted by Crippen LogP contribution is 2.15. The van der Waals surface area contributed by atoms with E-state index in [1.165, 1.54) is 0 Å². The summed E-state index contributed by atoms with van der Waals surface area (Å²) >= 11 is 0. The zero-order valence-electron chi connectivity index (χ0n) is 13.2. The molecule has 1 aromatic carbocycles. The summed E-state index contributed by atoms with van der Waals surface area (Å²) in [7, 11) is -1.93. The van der Waals surface area contributed by atoms with Crippen molar-refractivity contribution >= 4 is 16.0 Å². The first-order valence-electron chi connectivity index (χ1n) is 7.11. The van der Waals surface area contributed by atoms with E-state index < -0.39 is 10.1 Å². The summed E-state index contributed by atoms with van der Waals surface area (Å²) in [6, 6.07) is 6.66. The minimum atomic E-state index is -3.53. The van der Waals surface area contributed by atoms with E-state index in [0.717, 1.165) is 18.2 Å². The van der Waals surface area contributed by atoms with Crippen LogP contribution in [0.2, 0.25) is 0 Å². The largest absolute Gasteiger partial charge is 0.383 e. The van der Waals surface area contributed by atoms with Crippen molar-refractivity contribution in [2.24, 2.45) is 0 Å². The van der Waals surface area contributed by atoms with E-state index in [-0.39, 0.29) is 11.7 Å². The lowest BCUT2D eigenvalue weighted by molar-refractivity contribution is -0.132. The first-order chi connectivity index (χ1) is 10.4. The first kappa shape index (κ1) is 18.4. The van der Waals surface area contributed by atoms with Gasteiger partial charge in [0.1, 0.15) is 5.75 Å². The fourth-order valence-corrected chi connectivity index (χ4v) is 2.37. The Morgan fingerprint density at radius 2 is 1.86 bits per heavy atom. The normalized spacial score (nSPS) is 11.2. The van der Waals surface area contributed by atoms with Gasteiger partial charge in [-0.2, -0.15) is 8.42 Å². The molecule has 0 aliphatic heterocycles. The Morgan fingerprint density at radius 1 is 1.23 bits per heavy atom. The third kappa shape index (κ3) is 6.91. The second-order valence-electron chi connectivity index (χ2n) is 4.99. The molecule has 0 aliphatic rings. The van der Waals surface area contributed by atoms with Crippen LogP contribution in [0.4, 0.5) is 0 Å². The van der Waals surface area contributed by atoms with Crippen molar-refractivity contribution in [3.8, 4) is 5.75 Å². The van der Waals surface area contributed by atoms with Gasteiger partial charge in [0.05, 0.1) is 12.9 Å². The maximum atomic E-state index is 12.1. The van der Waals surface area contributed by atoms with Crippen LogP contribution in [0, 0.1) is 0 Å². The Balaban J connectivity index is 2.74. The summed E-state index contributed by atoms with van der Waals surface area (Å²) in [5.74, 6) is 0.339. The molecule has 0 unspecified atom stereocenters. The molecular weight excluding hydrogens is 306 g/mol. The Morgan fingerprint density at radius 3 is 2.36 bits per heavy atom. The van der Waals surface area contributed by atoms with Crippen molar-refractivity contribution < 1.29 is 22.1 Å². The zero-order chi connectivity index (χ0) is 16.6. The average Bonchev–Trinajstić information content (AvgIpc) is 2.44. The number of ether oxygens (including phenoxy) is 1. The zero-order valence-corrected chi connectivity index (χ0v) is 14.1. The summed E-state index contributed by atoms with van der Waals surface area (Å²) in [5, 5.41) is 0. The number of hydrogen-bond donors (Lipinski definition) is 0.